The first kappa shape index (κ1) is 27.5. The zero-order valence-electron chi connectivity index (χ0n) is 21.7. The average Bonchev–Trinajstić information content (AvgIpc) is 3.27. The lowest BCUT2D eigenvalue weighted by Gasteiger charge is -2.22. The van der Waals surface area contributed by atoms with E-state index in [1.54, 1.807) is 12.3 Å². The second-order valence-electron chi connectivity index (χ2n) is 9.99. The Morgan fingerprint density at radius 3 is 2.42 bits per heavy atom. The van der Waals surface area contributed by atoms with Gasteiger partial charge in [0.25, 0.3) is 0 Å². The molecule has 1 aliphatic rings. The maximum absolute atomic E-state index is 14.0. The minimum atomic E-state index is -4.62. The Kier molecular flexibility index (Phi) is 7.69. The summed E-state index contributed by atoms with van der Waals surface area (Å²) >= 11 is 0. The molecule has 0 fully saturated rings. The van der Waals surface area contributed by atoms with Gasteiger partial charge in [0.15, 0.2) is 5.69 Å². The molecule has 0 aliphatic heterocycles. The van der Waals surface area contributed by atoms with E-state index >= 15 is 0 Å². The summed E-state index contributed by atoms with van der Waals surface area (Å²) in [6, 6.07) is 13.5. The van der Waals surface area contributed by atoms with Crippen molar-refractivity contribution in [3.8, 4) is 11.1 Å². The Balaban J connectivity index is 1.50. The molecule has 1 atom stereocenters. The van der Waals surface area contributed by atoms with Gasteiger partial charge < -0.3 is 5.32 Å². The Morgan fingerprint density at radius 1 is 1.00 bits per heavy atom. The molecule has 1 aliphatic carbocycles. The molecule has 2 heterocycles. The van der Waals surface area contributed by atoms with Gasteiger partial charge in [0.05, 0.1) is 11.7 Å². The molecule has 1 N–H and O–H groups in total. The van der Waals surface area contributed by atoms with Crippen LogP contribution in [0.4, 0.5) is 22.0 Å². The van der Waals surface area contributed by atoms with Gasteiger partial charge in [0, 0.05) is 29.1 Å². The third-order valence-electron chi connectivity index (χ3n) is 7.12. The number of hydrogen-bond acceptors (Lipinski definition) is 3. The van der Waals surface area contributed by atoms with Crippen LogP contribution in [0, 0.1) is 18.6 Å². The Bertz CT molecular complexity index is 1530. The number of halogens is 5. The molecule has 5 rings (SSSR count). The van der Waals surface area contributed by atoms with Gasteiger partial charge in [-0.3, -0.25) is 14.5 Å². The van der Waals surface area contributed by atoms with E-state index in [1.165, 1.54) is 12.1 Å². The molecular weight excluding hydrogens is 527 g/mol. The smallest absolute Gasteiger partial charge is 0.346 e. The summed E-state index contributed by atoms with van der Waals surface area (Å²) in [5.74, 6) is -2.11. The van der Waals surface area contributed by atoms with E-state index in [4.69, 9.17) is 0 Å². The second kappa shape index (κ2) is 11.2. The van der Waals surface area contributed by atoms with Crippen molar-refractivity contribution >= 4 is 5.91 Å². The molecule has 4 aromatic rings. The molecule has 208 valence electrons. The van der Waals surface area contributed by atoms with Gasteiger partial charge in [-0.25, -0.2) is 8.78 Å². The highest BCUT2D eigenvalue weighted by molar-refractivity contribution is 5.77. The van der Waals surface area contributed by atoms with Gasteiger partial charge in [-0.1, -0.05) is 30.3 Å². The summed E-state index contributed by atoms with van der Waals surface area (Å²) in [5, 5.41) is 6.65. The maximum atomic E-state index is 14.0. The molecule has 2 aromatic heterocycles. The van der Waals surface area contributed by atoms with Crippen LogP contribution in [0.1, 0.15) is 52.7 Å². The van der Waals surface area contributed by atoms with Crippen molar-refractivity contribution in [1.29, 1.82) is 0 Å². The minimum absolute atomic E-state index is 0.00132. The van der Waals surface area contributed by atoms with Crippen molar-refractivity contribution in [2.45, 2.75) is 57.8 Å². The van der Waals surface area contributed by atoms with Crippen molar-refractivity contribution in [1.82, 2.24) is 20.1 Å². The van der Waals surface area contributed by atoms with E-state index in [0.29, 0.717) is 36.2 Å². The fourth-order valence-electron chi connectivity index (χ4n) is 5.38. The SMILES string of the molecule is Cc1ccccc1-c1cccnc1[C@H](Cc1cc(F)cc(F)c1)NC(=O)Cn1nc(C(F)(F)F)c2c1CCCC2. The molecule has 0 saturated carbocycles. The van der Waals surface area contributed by atoms with E-state index < -0.39 is 42.0 Å². The number of amides is 1. The average molecular weight is 555 g/mol. The Hall–Kier alpha value is -4.08. The number of pyridine rings is 1. The normalized spacial score (nSPS) is 14.1. The second-order valence-corrected chi connectivity index (χ2v) is 9.99. The lowest BCUT2D eigenvalue weighted by molar-refractivity contribution is -0.142. The monoisotopic (exact) mass is 554 g/mol. The van der Waals surface area contributed by atoms with Crippen molar-refractivity contribution in [3.63, 3.8) is 0 Å². The van der Waals surface area contributed by atoms with Crippen LogP contribution in [-0.2, 0) is 36.8 Å². The van der Waals surface area contributed by atoms with Crippen LogP contribution in [0.2, 0.25) is 0 Å². The van der Waals surface area contributed by atoms with E-state index in [2.05, 4.69) is 15.4 Å². The highest BCUT2D eigenvalue weighted by Gasteiger charge is 2.39. The van der Waals surface area contributed by atoms with E-state index in [0.717, 1.165) is 27.4 Å². The summed E-state index contributed by atoms with van der Waals surface area (Å²) in [4.78, 5) is 17.9. The molecule has 1 amide bonds. The van der Waals surface area contributed by atoms with Gasteiger partial charge in [-0.2, -0.15) is 18.3 Å². The summed E-state index contributed by atoms with van der Waals surface area (Å²) in [6.45, 7) is 1.50. The van der Waals surface area contributed by atoms with Crippen molar-refractivity contribution in [2.75, 3.05) is 0 Å². The predicted octanol–water partition coefficient (Wildman–Crippen LogP) is 6.53. The van der Waals surface area contributed by atoms with Crippen LogP contribution in [-0.4, -0.2) is 20.7 Å². The number of rotatable bonds is 7. The van der Waals surface area contributed by atoms with Crippen LogP contribution in [0.15, 0.2) is 60.8 Å². The number of nitrogens with zero attached hydrogens (tertiary/aromatic N) is 3. The molecule has 0 saturated heterocycles. The van der Waals surface area contributed by atoms with Gasteiger partial charge in [-0.15, -0.1) is 0 Å². The van der Waals surface area contributed by atoms with E-state index in [-0.39, 0.29) is 18.4 Å². The topological polar surface area (TPSA) is 59.8 Å². The molecule has 0 spiro atoms. The van der Waals surface area contributed by atoms with E-state index in [1.807, 2.05) is 37.3 Å². The number of benzene rings is 2. The van der Waals surface area contributed by atoms with Crippen molar-refractivity contribution < 1.29 is 26.7 Å². The first-order chi connectivity index (χ1) is 19.1. The van der Waals surface area contributed by atoms with Crippen LogP contribution < -0.4 is 5.32 Å². The quantitative estimate of drug-likeness (QED) is 0.264. The zero-order chi connectivity index (χ0) is 28.4. The number of nitrogens with one attached hydrogen (secondary N) is 1. The molecule has 40 heavy (non-hydrogen) atoms. The molecule has 0 bridgehead atoms. The van der Waals surface area contributed by atoms with Crippen LogP contribution >= 0.6 is 0 Å². The number of hydrogen-bond donors (Lipinski definition) is 1. The minimum Gasteiger partial charge on any atom is -0.346 e. The first-order valence-electron chi connectivity index (χ1n) is 13.0. The van der Waals surface area contributed by atoms with Crippen LogP contribution in [0.5, 0.6) is 0 Å². The summed E-state index contributed by atoms with van der Waals surface area (Å²) in [5.41, 5.74) is 2.91. The lowest BCUT2D eigenvalue weighted by Crippen LogP contribution is -2.34. The molecular formula is C30H27F5N4O. The third-order valence-corrected chi connectivity index (χ3v) is 7.12. The molecule has 2 aromatic carbocycles. The molecule has 10 heteroatoms. The lowest BCUT2D eigenvalue weighted by atomic mass is 9.93. The maximum Gasteiger partial charge on any atom is 0.435 e. The number of carbonyl (C=O) groups is 1. The fourth-order valence-corrected chi connectivity index (χ4v) is 5.38. The molecule has 0 unspecified atom stereocenters. The van der Waals surface area contributed by atoms with Gasteiger partial charge in [0.2, 0.25) is 5.91 Å². The highest BCUT2D eigenvalue weighted by atomic mass is 19.4. The van der Waals surface area contributed by atoms with Gasteiger partial charge in [0.1, 0.15) is 18.2 Å². The van der Waals surface area contributed by atoms with Crippen molar-refractivity contribution in [2.24, 2.45) is 0 Å². The summed E-state index contributed by atoms with van der Waals surface area (Å²) in [7, 11) is 0. The Labute approximate surface area is 228 Å². The summed E-state index contributed by atoms with van der Waals surface area (Å²) < 4.78 is 70.2. The predicted molar refractivity (Wildman–Crippen MR) is 139 cm³/mol. The first-order valence-corrected chi connectivity index (χ1v) is 13.0. The fraction of sp³-hybridized carbons (Fsp3) is 0.300. The molecule has 5 nitrogen and oxygen atoms in total. The standard InChI is InChI=1S/C30H27F5N4O/c1-18-7-2-3-8-22(18)23-10-6-12-36-28(23)25(15-19-13-20(31)16-21(32)14-19)37-27(40)17-39-26-11-5-4-9-24(26)29(38-39)30(33,34)35/h2-3,6-8,10,12-14,16,25H,4-5,9,11,15,17H2,1H3,(H,37,40)/t25-/m0/s1. The Morgan fingerprint density at radius 2 is 1.70 bits per heavy atom. The zero-order valence-corrected chi connectivity index (χ0v) is 21.7. The molecule has 0 radical (unpaired) electrons. The number of aryl methyl sites for hydroxylation is 1. The number of fused-ring (bicyclic) bond motifs is 1. The van der Waals surface area contributed by atoms with Crippen LogP contribution in [0.25, 0.3) is 11.1 Å². The number of alkyl halides is 3. The van der Waals surface area contributed by atoms with Crippen LogP contribution in [0.3, 0.4) is 0 Å². The highest BCUT2D eigenvalue weighted by Crippen LogP contribution is 2.36. The largest absolute Gasteiger partial charge is 0.435 e. The van der Waals surface area contributed by atoms with Crippen molar-refractivity contribution in [3.05, 3.63) is 106 Å². The number of carbonyl (C=O) groups excluding carboxylic acids is 1. The van der Waals surface area contributed by atoms with Gasteiger partial charge >= 0.3 is 6.18 Å². The third kappa shape index (κ3) is 5.90. The van der Waals surface area contributed by atoms with E-state index in [9.17, 15) is 26.7 Å². The number of aromatic nitrogens is 3. The van der Waals surface area contributed by atoms with Gasteiger partial charge in [-0.05, 0) is 73.9 Å². The summed E-state index contributed by atoms with van der Waals surface area (Å²) in [6.07, 6.45) is -1.07.